The van der Waals surface area contributed by atoms with Crippen LogP contribution >= 0.6 is 0 Å². The van der Waals surface area contributed by atoms with Gasteiger partial charge < -0.3 is 20.0 Å². The minimum atomic E-state index is -0.284. The van der Waals surface area contributed by atoms with Crippen LogP contribution in [-0.4, -0.2) is 78.5 Å². The lowest BCUT2D eigenvalue weighted by molar-refractivity contribution is -0.130. The Morgan fingerprint density at radius 1 is 1.19 bits per heavy atom. The van der Waals surface area contributed by atoms with E-state index < -0.39 is 0 Å². The second kappa shape index (κ2) is 8.88. The van der Waals surface area contributed by atoms with Gasteiger partial charge in [-0.15, -0.1) is 0 Å². The second-order valence-corrected chi connectivity index (χ2v) is 9.68. The third-order valence-corrected chi connectivity index (χ3v) is 7.26. The Bertz CT molecular complexity index is 835. The molecule has 166 valence electrons. The molecule has 31 heavy (non-hydrogen) atoms. The van der Waals surface area contributed by atoms with Crippen molar-refractivity contribution in [2.24, 2.45) is 11.8 Å². The molecule has 7 nitrogen and oxygen atoms in total. The first-order chi connectivity index (χ1) is 14.9. The van der Waals surface area contributed by atoms with Crippen molar-refractivity contribution in [2.75, 3.05) is 40.3 Å². The number of nitriles is 1. The topological polar surface area (TPSA) is 79.7 Å². The van der Waals surface area contributed by atoms with E-state index in [1.54, 1.807) is 23.9 Å². The van der Waals surface area contributed by atoms with Gasteiger partial charge in [0.25, 0.3) is 0 Å². The summed E-state index contributed by atoms with van der Waals surface area (Å²) < 4.78 is 0. The van der Waals surface area contributed by atoms with Crippen molar-refractivity contribution in [1.29, 1.82) is 5.26 Å². The number of likely N-dealkylation sites (tertiary alicyclic amines) is 2. The summed E-state index contributed by atoms with van der Waals surface area (Å²) in [6.45, 7) is 2.52. The lowest BCUT2D eigenvalue weighted by atomic mass is 9.87. The van der Waals surface area contributed by atoms with Crippen molar-refractivity contribution >= 4 is 11.9 Å². The number of urea groups is 1. The fourth-order valence-electron chi connectivity index (χ4n) is 5.83. The van der Waals surface area contributed by atoms with Crippen LogP contribution in [0.1, 0.15) is 31.2 Å². The molecule has 1 saturated carbocycles. The van der Waals surface area contributed by atoms with Crippen LogP contribution in [0.3, 0.4) is 0 Å². The number of hydrogen-bond acceptors (Lipinski definition) is 4. The maximum absolute atomic E-state index is 12.9. The van der Waals surface area contributed by atoms with Crippen LogP contribution in [-0.2, 0) is 11.2 Å². The van der Waals surface area contributed by atoms with E-state index in [0.717, 1.165) is 45.2 Å². The Labute approximate surface area is 185 Å². The predicted octanol–water partition coefficient (Wildman–Crippen LogP) is 2.10. The van der Waals surface area contributed by atoms with Gasteiger partial charge in [0, 0.05) is 39.3 Å². The molecule has 4 rings (SSSR count). The molecule has 2 heterocycles. The number of carbonyl (C=O) groups is 2. The zero-order valence-corrected chi connectivity index (χ0v) is 18.6. The fraction of sp³-hybridized carbons (Fsp3) is 0.625. The summed E-state index contributed by atoms with van der Waals surface area (Å²) in [5.74, 6) is 0.931. The largest absolute Gasteiger partial charge is 0.331 e. The highest BCUT2D eigenvalue weighted by Crippen LogP contribution is 2.45. The fourth-order valence-corrected chi connectivity index (χ4v) is 5.83. The van der Waals surface area contributed by atoms with Gasteiger partial charge in [0.1, 0.15) is 6.04 Å². The van der Waals surface area contributed by atoms with E-state index in [2.05, 4.69) is 35.7 Å². The molecule has 3 aliphatic rings. The molecule has 7 heteroatoms. The molecule has 2 saturated heterocycles. The quantitative estimate of drug-likeness (QED) is 0.787. The summed E-state index contributed by atoms with van der Waals surface area (Å²) >= 11 is 0. The summed E-state index contributed by atoms with van der Waals surface area (Å²) in [5.41, 5.74) is 1.11. The van der Waals surface area contributed by atoms with Gasteiger partial charge in [-0.3, -0.25) is 4.79 Å². The Hall–Kier alpha value is -2.59. The molecule has 3 amide bonds. The van der Waals surface area contributed by atoms with E-state index in [1.165, 1.54) is 5.56 Å². The predicted molar refractivity (Wildman–Crippen MR) is 118 cm³/mol. The van der Waals surface area contributed by atoms with E-state index in [-0.39, 0.29) is 30.1 Å². The molecule has 1 aromatic carbocycles. The number of benzene rings is 1. The van der Waals surface area contributed by atoms with Gasteiger partial charge >= 0.3 is 6.03 Å². The van der Waals surface area contributed by atoms with Crippen molar-refractivity contribution < 1.29 is 9.59 Å². The molecular formula is C24H33N5O2. The Morgan fingerprint density at radius 3 is 2.48 bits per heavy atom. The number of nitrogens with one attached hydrogen (secondary N) is 1. The molecule has 1 N–H and O–H groups in total. The van der Waals surface area contributed by atoms with Crippen LogP contribution in [0.5, 0.6) is 0 Å². The highest BCUT2D eigenvalue weighted by Gasteiger charge is 2.50. The molecule has 4 atom stereocenters. The zero-order chi connectivity index (χ0) is 22.0. The molecule has 3 fully saturated rings. The van der Waals surface area contributed by atoms with Gasteiger partial charge in [-0.1, -0.05) is 30.3 Å². The lowest BCUT2D eigenvalue weighted by Crippen LogP contribution is -2.51. The molecule has 0 radical (unpaired) electrons. The number of carbonyl (C=O) groups excluding carboxylic acids is 2. The molecular weight excluding hydrogens is 390 g/mol. The van der Waals surface area contributed by atoms with Crippen molar-refractivity contribution in [2.45, 2.75) is 43.7 Å². The van der Waals surface area contributed by atoms with Crippen LogP contribution in [0, 0.1) is 23.2 Å². The first-order valence-electron chi connectivity index (χ1n) is 11.3. The molecule has 2 aliphatic heterocycles. The van der Waals surface area contributed by atoms with Crippen molar-refractivity contribution in [3.63, 3.8) is 0 Å². The third-order valence-electron chi connectivity index (χ3n) is 7.26. The maximum Gasteiger partial charge on any atom is 0.319 e. The summed E-state index contributed by atoms with van der Waals surface area (Å²) in [6.07, 6.45) is 4.46. The Morgan fingerprint density at radius 2 is 1.87 bits per heavy atom. The minimum Gasteiger partial charge on any atom is -0.331 e. The average Bonchev–Trinajstić information content (AvgIpc) is 3.46. The van der Waals surface area contributed by atoms with Gasteiger partial charge in [-0.25, -0.2) is 4.79 Å². The first-order valence-corrected chi connectivity index (χ1v) is 11.3. The highest BCUT2D eigenvalue weighted by atomic mass is 16.2. The molecule has 1 aliphatic carbocycles. The summed E-state index contributed by atoms with van der Waals surface area (Å²) in [7, 11) is 3.60. The van der Waals surface area contributed by atoms with Crippen LogP contribution in [0.2, 0.25) is 0 Å². The van der Waals surface area contributed by atoms with Gasteiger partial charge in [0.15, 0.2) is 0 Å². The number of rotatable bonds is 5. The second-order valence-electron chi connectivity index (χ2n) is 9.68. The van der Waals surface area contributed by atoms with E-state index >= 15 is 0 Å². The van der Waals surface area contributed by atoms with Gasteiger partial charge in [-0.05, 0) is 49.5 Å². The van der Waals surface area contributed by atoms with Crippen molar-refractivity contribution in [3.05, 3.63) is 35.9 Å². The highest BCUT2D eigenvalue weighted by molar-refractivity contribution is 5.79. The van der Waals surface area contributed by atoms with Crippen LogP contribution in [0.25, 0.3) is 0 Å². The summed E-state index contributed by atoms with van der Waals surface area (Å²) in [5, 5.41) is 13.0. The molecule has 0 bridgehead atoms. The lowest BCUT2D eigenvalue weighted by Gasteiger charge is -2.34. The van der Waals surface area contributed by atoms with Gasteiger partial charge in [0.05, 0.1) is 12.6 Å². The van der Waals surface area contributed by atoms with E-state index in [1.807, 2.05) is 11.0 Å². The summed E-state index contributed by atoms with van der Waals surface area (Å²) in [4.78, 5) is 30.6. The smallest absolute Gasteiger partial charge is 0.319 e. The maximum atomic E-state index is 12.9. The van der Waals surface area contributed by atoms with Crippen LogP contribution in [0.15, 0.2) is 30.3 Å². The number of nitrogens with zero attached hydrogens (tertiary/aromatic N) is 4. The SMILES string of the molecule is CN(C)C(=O)N1C[C@@H]2CC(Cc3ccccc3)(NCC(=O)N3CCC[C@H]3C#N)C[C@@H]2C1. The first kappa shape index (κ1) is 21.6. The average molecular weight is 424 g/mol. The minimum absolute atomic E-state index is 0.0259. The number of amides is 3. The Kier molecular flexibility index (Phi) is 6.19. The molecule has 1 aromatic rings. The van der Waals surface area contributed by atoms with Crippen molar-refractivity contribution in [1.82, 2.24) is 20.0 Å². The van der Waals surface area contributed by atoms with Crippen molar-refractivity contribution in [3.8, 4) is 6.07 Å². The number of fused-ring (bicyclic) bond motifs is 1. The van der Waals surface area contributed by atoms with E-state index in [9.17, 15) is 14.9 Å². The van der Waals surface area contributed by atoms with Crippen LogP contribution < -0.4 is 5.32 Å². The zero-order valence-electron chi connectivity index (χ0n) is 18.6. The standard InChI is InChI=1S/C24H33N5O2/c1-27(2)23(31)28-16-19-12-24(13-20(19)17-28,11-18-7-4-3-5-8-18)26-15-22(30)29-10-6-9-21(29)14-25/h3-5,7-8,19-21,26H,6,9-13,15-17H2,1-2H3/t19-,20+,21-,24?/m0/s1. The van der Waals surface area contributed by atoms with E-state index in [0.29, 0.717) is 18.4 Å². The summed E-state index contributed by atoms with van der Waals surface area (Å²) in [6, 6.07) is 12.5. The number of hydrogen-bond donors (Lipinski definition) is 1. The third kappa shape index (κ3) is 4.54. The van der Waals surface area contributed by atoms with E-state index in [4.69, 9.17) is 0 Å². The molecule has 0 aromatic heterocycles. The van der Waals surface area contributed by atoms with Gasteiger partial charge in [0.2, 0.25) is 5.91 Å². The molecule has 1 unspecified atom stereocenters. The molecule has 0 spiro atoms. The van der Waals surface area contributed by atoms with Gasteiger partial charge in [-0.2, -0.15) is 5.26 Å². The Balaban J connectivity index is 1.45. The van der Waals surface area contributed by atoms with Crippen LogP contribution in [0.4, 0.5) is 4.79 Å². The monoisotopic (exact) mass is 423 g/mol. The normalized spacial score (nSPS) is 29.6.